The van der Waals surface area contributed by atoms with Crippen LogP contribution in [0.4, 0.5) is 0 Å². The molecule has 2 aromatic rings. The molecular weight excluding hydrogens is 368 g/mol. The molecule has 2 fully saturated rings. The van der Waals surface area contributed by atoms with Gasteiger partial charge in [-0.2, -0.15) is 0 Å². The molecule has 2 heteroatoms. The summed E-state index contributed by atoms with van der Waals surface area (Å²) in [5.74, 6) is 3.83. The van der Waals surface area contributed by atoms with Crippen LogP contribution in [0.15, 0.2) is 48.5 Å². The summed E-state index contributed by atoms with van der Waals surface area (Å²) in [6.45, 7) is 6.59. The van der Waals surface area contributed by atoms with Gasteiger partial charge in [-0.25, -0.2) is 0 Å². The molecule has 164 valence electrons. The summed E-state index contributed by atoms with van der Waals surface area (Å²) in [6, 6.07) is 18.3. The molecule has 0 bridgehead atoms. The number of benzene rings is 2. The molecule has 2 aliphatic carbocycles. The second kappa shape index (κ2) is 12.7. The van der Waals surface area contributed by atoms with Crippen molar-refractivity contribution in [2.75, 3.05) is 7.11 Å². The molecular formula is C28H40O2. The number of aliphatic hydroxyl groups is 1. The molecule has 0 atom stereocenters. The van der Waals surface area contributed by atoms with E-state index in [1.54, 1.807) is 5.56 Å². The van der Waals surface area contributed by atoms with Gasteiger partial charge in [0.25, 0.3) is 0 Å². The van der Waals surface area contributed by atoms with Gasteiger partial charge in [0.05, 0.1) is 0 Å². The van der Waals surface area contributed by atoms with Crippen molar-refractivity contribution < 1.29 is 9.90 Å². The standard InChI is InChI=1S/C26H34.CH4O.CH2O/c1-19-3-7-21(8-4-19)23-11-15-25(16-12-23)26-17-13-24(14-18-26)22-9-5-20(2)6-10-22;2*1-2/h3-4,7-8,11-12,15-16,20,22,24,26H,5-6,9-10,13-14,17-18H2,1-2H3;2H,1H3;1H2. The number of hydrogen-bond donors (Lipinski definition) is 1. The van der Waals surface area contributed by atoms with Crippen molar-refractivity contribution in [3.8, 4) is 11.1 Å². The Balaban J connectivity index is 0.000000757. The fourth-order valence-corrected chi connectivity index (χ4v) is 5.37. The lowest BCUT2D eigenvalue weighted by Crippen LogP contribution is -2.24. The van der Waals surface area contributed by atoms with Gasteiger partial charge in [-0.15, -0.1) is 0 Å². The van der Waals surface area contributed by atoms with Gasteiger partial charge >= 0.3 is 0 Å². The van der Waals surface area contributed by atoms with Crippen LogP contribution in [0.1, 0.15) is 75.3 Å². The van der Waals surface area contributed by atoms with Crippen molar-refractivity contribution in [2.45, 2.75) is 71.1 Å². The van der Waals surface area contributed by atoms with Crippen LogP contribution < -0.4 is 0 Å². The lowest BCUT2D eigenvalue weighted by Gasteiger charge is -2.37. The van der Waals surface area contributed by atoms with E-state index in [-0.39, 0.29) is 0 Å². The Morgan fingerprint density at radius 1 is 0.667 bits per heavy atom. The summed E-state index contributed by atoms with van der Waals surface area (Å²) in [4.78, 5) is 8.00. The van der Waals surface area contributed by atoms with Gasteiger partial charge in [0.1, 0.15) is 6.79 Å². The first-order chi connectivity index (χ1) is 14.7. The largest absolute Gasteiger partial charge is 0.400 e. The number of carbonyl (C=O) groups excluding carboxylic acids is 1. The molecule has 2 saturated carbocycles. The van der Waals surface area contributed by atoms with Crippen LogP contribution >= 0.6 is 0 Å². The summed E-state index contributed by atoms with van der Waals surface area (Å²) < 4.78 is 0. The highest BCUT2D eigenvalue weighted by molar-refractivity contribution is 5.64. The first-order valence-electron chi connectivity index (χ1n) is 11.6. The van der Waals surface area contributed by atoms with E-state index in [4.69, 9.17) is 9.90 Å². The van der Waals surface area contributed by atoms with Gasteiger partial charge in [0, 0.05) is 7.11 Å². The van der Waals surface area contributed by atoms with E-state index in [1.807, 2.05) is 6.79 Å². The first kappa shape index (κ1) is 24.3. The van der Waals surface area contributed by atoms with Crippen molar-refractivity contribution in [3.63, 3.8) is 0 Å². The predicted molar refractivity (Wildman–Crippen MR) is 128 cm³/mol. The molecule has 2 aromatic carbocycles. The van der Waals surface area contributed by atoms with Crippen molar-refractivity contribution in [3.05, 3.63) is 59.7 Å². The van der Waals surface area contributed by atoms with Gasteiger partial charge in [-0.3, -0.25) is 0 Å². The molecule has 0 amide bonds. The maximum absolute atomic E-state index is 8.00. The SMILES string of the molecule is C=O.CO.Cc1ccc(-c2ccc(C3CCC(C4CCC(C)CC4)CC3)cc2)cc1. The van der Waals surface area contributed by atoms with Crippen molar-refractivity contribution in [1.29, 1.82) is 0 Å². The summed E-state index contributed by atoms with van der Waals surface area (Å²) in [5.41, 5.74) is 5.57. The van der Waals surface area contributed by atoms with Gasteiger partial charge in [-0.05, 0) is 85.8 Å². The monoisotopic (exact) mass is 408 g/mol. The molecule has 0 aliphatic heterocycles. The fraction of sp³-hybridized carbons (Fsp3) is 0.536. The zero-order chi connectivity index (χ0) is 21.9. The van der Waals surface area contributed by atoms with Crippen molar-refractivity contribution in [1.82, 2.24) is 0 Å². The second-order valence-corrected chi connectivity index (χ2v) is 9.12. The molecule has 2 aliphatic rings. The molecule has 0 aromatic heterocycles. The Labute approximate surface area is 183 Å². The smallest absolute Gasteiger partial charge is 0.106 e. The lowest BCUT2D eigenvalue weighted by molar-refractivity contribution is -0.0979. The van der Waals surface area contributed by atoms with E-state index in [2.05, 4.69) is 62.4 Å². The summed E-state index contributed by atoms with van der Waals surface area (Å²) in [5, 5.41) is 7.00. The average molecular weight is 409 g/mol. The highest BCUT2D eigenvalue weighted by Gasteiger charge is 2.30. The average Bonchev–Trinajstić information content (AvgIpc) is 2.83. The highest BCUT2D eigenvalue weighted by atomic mass is 16.2. The molecule has 0 spiro atoms. The van der Waals surface area contributed by atoms with E-state index < -0.39 is 0 Å². The third-order valence-corrected chi connectivity index (χ3v) is 7.27. The zero-order valence-corrected chi connectivity index (χ0v) is 19.1. The predicted octanol–water partition coefficient (Wildman–Crippen LogP) is 7.19. The topological polar surface area (TPSA) is 37.3 Å². The minimum absolute atomic E-state index is 0.792. The minimum Gasteiger partial charge on any atom is -0.400 e. The van der Waals surface area contributed by atoms with Crippen LogP contribution in [0.2, 0.25) is 0 Å². The van der Waals surface area contributed by atoms with E-state index in [0.717, 1.165) is 30.8 Å². The quantitative estimate of drug-likeness (QED) is 0.584. The normalized spacial score (nSPS) is 25.9. The Hall–Kier alpha value is -1.93. The lowest BCUT2D eigenvalue weighted by atomic mass is 9.68. The van der Waals surface area contributed by atoms with E-state index in [1.165, 1.54) is 68.1 Å². The summed E-state index contributed by atoms with van der Waals surface area (Å²) >= 11 is 0. The third-order valence-electron chi connectivity index (χ3n) is 7.27. The molecule has 1 N–H and O–H groups in total. The first-order valence-corrected chi connectivity index (χ1v) is 11.6. The molecule has 2 nitrogen and oxygen atoms in total. The van der Waals surface area contributed by atoms with Gasteiger partial charge in [-0.1, -0.05) is 73.9 Å². The molecule has 0 unspecified atom stereocenters. The number of aryl methyl sites for hydroxylation is 1. The second-order valence-electron chi connectivity index (χ2n) is 9.12. The summed E-state index contributed by atoms with van der Waals surface area (Å²) in [6.07, 6.45) is 11.7. The van der Waals surface area contributed by atoms with Crippen LogP contribution in [0.25, 0.3) is 11.1 Å². The van der Waals surface area contributed by atoms with Crippen LogP contribution in [-0.2, 0) is 4.79 Å². The zero-order valence-electron chi connectivity index (χ0n) is 19.1. The summed E-state index contributed by atoms with van der Waals surface area (Å²) in [7, 11) is 1.00. The van der Waals surface area contributed by atoms with Gasteiger partial charge in [0.2, 0.25) is 0 Å². The van der Waals surface area contributed by atoms with E-state index in [0.29, 0.717) is 0 Å². The number of rotatable bonds is 3. The Bertz CT molecular complexity index is 703. The van der Waals surface area contributed by atoms with Crippen LogP contribution in [0.5, 0.6) is 0 Å². The maximum Gasteiger partial charge on any atom is 0.106 e. The van der Waals surface area contributed by atoms with Gasteiger partial charge < -0.3 is 9.90 Å². The number of hydrogen-bond acceptors (Lipinski definition) is 2. The van der Waals surface area contributed by atoms with E-state index >= 15 is 0 Å². The number of carbonyl (C=O) groups is 1. The third kappa shape index (κ3) is 6.54. The van der Waals surface area contributed by atoms with Crippen LogP contribution in [0, 0.1) is 24.7 Å². The Kier molecular flexibility index (Phi) is 10.3. The molecule has 0 radical (unpaired) electrons. The van der Waals surface area contributed by atoms with Crippen LogP contribution in [0.3, 0.4) is 0 Å². The van der Waals surface area contributed by atoms with Crippen molar-refractivity contribution in [2.24, 2.45) is 17.8 Å². The maximum atomic E-state index is 8.00. The number of aliphatic hydroxyl groups excluding tert-OH is 1. The van der Waals surface area contributed by atoms with E-state index in [9.17, 15) is 0 Å². The molecule has 30 heavy (non-hydrogen) atoms. The highest BCUT2D eigenvalue weighted by Crippen LogP contribution is 2.44. The molecule has 4 rings (SSSR count). The van der Waals surface area contributed by atoms with Crippen LogP contribution in [-0.4, -0.2) is 19.0 Å². The molecule has 0 heterocycles. The van der Waals surface area contributed by atoms with Gasteiger partial charge in [0.15, 0.2) is 0 Å². The Morgan fingerprint density at radius 2 is 1.07 bits per heavy atom. The fourth-order valence-electron chi connectivity index (χ4n) is 5.37. The molecule has 0 saturated heterocycles. The van der Waals surface area contributed by atoms with Crippen molar-refractivity contribution >= 4 is 6.79 Å². The minimum atomic E-state index is 0.792. The Morgan fingerprint density at radius 3 is 1.53 bits per heavy atom.